The van der Waals surface area contributed by atoms with Crippen LogP contribution in [-0.4, -0.2) is 100 Å². The summed E-state index contributed by atoms with van der Waals surface area (Å²) < 4.78 is 18.6. The highest BCUT2D eigenvalue weighted by atomic mass is 79.9. The first-order chi connectivity index (χ1) is 25.0. The van der Waals surface area contributed by atoms with E-state index in [9.17, 15) is 24.3 Å². The molecule has 1 unspecified atom stereocenters. The molecule has 3 saturated heterocycles. The second-order valence-corrected chi connectivity index (χ2v) is 15.3. The molecule has 2 aromatic rings. The summed E-state index contributed by atoms with van der Waals surface area (Å²) >= 11 is 3.74. The monoisotopic (exact) mass is 779 g/mol. The van der Waals surface area contributed by atoms with Gasteiger partial charge in [0, 0.05) is 31.4 Å². The van der Waals surface area contributed by atoms with Crippen LogP contribution in [0.5, 0.6) is 0 Å². The fourth-order valence-corrected chi connectivity index (χ4v) is 9.03. The molecule has 2 bridgehead atoms. The number of allylic oxidation sites excluding steroid dienone is 1. The van der Waals surface area contributed by atoms with Gasteiger partial charge in [-0.05, 0) is 29.9 Å². The van der Waals surface area contributed by atoms with Gasteiger partial charge in [0.25, 0.3) is 0 Å². The summed E-state index contributed by atoms with van der Waals surface area (Å²) in [6.07, 6.45) is 2.51. The largest absolute Gasteiger partial charge is 0.455 e. The molecule has 3 amide bonds. The van der Waals surface area contributed by atoms with Gasteiger partial charge < -0.3 is 34.4 Å². The van der Waals surface area contributed by atoms with E-state index in [1.807, 2.05) is 62.4 Å². The molecule has 0 saturated carbocycles. The number of alkyl halides is 1. The van der Waals surface area contributed by atoms with E-state index in [2.05, 4.69) is 34.4 Å². The number of esters is 1. The number of nitrogens with zero attached hydrogens (tertiary/aromatic N) is 2. The predicted octanol–water partition coefficient (Wildman–Crippen LogP) is 4.35. The summed E-state index contributed by atoms with van der Waals surface area (Å²) in [5, 5.41) is 13.6. The molecule has 3 heterocycles. The first-order valence-electron chi connectivity index (χ1n) is 17.9. The first kappa shape index (κ1) is 39.4. The van der Waals surface area contributed by atoms with Gasteiger partial charge in [0.05, 0.1) is 43.2 Å². The molecule has 2 aromatic carbocycles. The molecular weight excluding hydrogens is 730 g/mol. The molecule has 11 nitrogen and oxygen atoms in total. The Bertz CT molecular complexity index is 1590. The van der Waals surface area contributed by atoms with Crippen LogP contribution in [0.25, 0.3) is 0 Å². The third-order valence-electron chi connectivity index (χ3n) is 10.4. The van der Waals surface area contributed by atoms with Crippen LogP contribution in [0.15, 0.2) is 86.0 Å². The van der Waals surface area contributed by atoms with Crippen molar-refractivity contribution in [2.75, 3.05) is 26.9 Å². The Kier molecular flexibility index (Phi) is 13.1. The van der Waals surface area contributed by atoms with Crippen LogP contribution in [-0.2, 0) is 39.9 Å². The van der Waals surface area contributed by atoms with Crippen LogP contribution < -0.4 is 5.32 Å². The number of hydrogen-bond acceptors (Lipinski definition) is 8. The van der Waals surface area contributed by atoms with Crippen molar-refractivity contribution in [3.63, 3.8) is 0 Å². The third kappa shape index (κ3) is 7.76. The minimum atomic E-state index is -1.37. The maximum Gasteiger partial charge on any atom is 0.313 e. The first-order valence-corrected chi connectivity index (χ1v) is 18.8. The van der Waals surface area contributed by atoms with Crippen molar-refractivity contribution in [2.24, 2.45) is 17.8 Å². The maximum atomic E-state index is 14.9. The summed E-state index contributed by atoms with van der Waals surface area (Å²) in [6.45, 7) is 11.5. The van der Waals surface area contributed by atoms with E-state index >= 15 is 0 Å². The Morgan fingerprint density at radius 2 is 1.79 bits per heavy atom. The highest BCUT2D eigenvalue weighted by molar-refractivity contribution is 9.09. The molecule has 12 heteroatoms. The zero-order chi connectivity index (χ0) is 37.6. The number of fused-ring (bicyclic) bond motifs is 1. The molecule has 3 fully saturated rings. The molecule has 0 aliphatic carbocycles. The lowest BCUT2D eigenvalue weighted by Crippen LogP contribution is -2.59. The van der Waals surface area contributed by atoms with E-state index in [0.29, 0.717) is 18.4 Å². The van der Waals surface area contributed by atoms with Crippen molar-refractivity contribution in [1.82, 2.24) is 15.1 Å². The Balaban J connectivity index is 1.54. The molecule has 5 rings (SSSR count). The fraction of sp³-hybridized carbons (Fsp3) is 0.500. The SMILES string of the molecule is C=CCCC(=O)N[C@@H](COC)[C@@H](OC(=O)[C@@H]1[C@H]2O[C@@]3(CC2Br)[C@H](C(=O)N(CC=C)Cc2ccccc2)N([C@@H](CO)C(C)C)C(=O)[C@@H]13)c1ccccc1. The molecule has 52 heavy (non-hydrogen) atoms. The van der Waals surface area contributed by atoms with E-state index in [1.165, 1.54) is 12.0 Å². The standard InChI is InChI=1S/C40H50BrN3O8/c1-6-8-19-31(46)42-29(24-50-5)34(27-17-13-10-14-18-27)51-39(49)32-33-37(47)44(30(23-45)25(3)4)36(40(33)21-28(41)35(32)52-40)38(48)43(20-7-2)22-26-15-11-9-12-16-26/h6-7,9-18,25,28-30,32-36,45H,1-2,8,19-24H2,3-5H3,(H,42,46)/t28?,29-,30-,32-,33+,34-,35-,36-,40+/m0/s1. The highest BCUT2D eigenvalue weighted by Crippen LogP contribution is 2.61. The molecule has 280 valence electrons. The molecule has 0 aromatic heterocycles. The number of benzene rings is 2. The van der Waals surface area contributed by atoms with Crippen LogP contribution in [0.1, 0.15) is 50.3 Å². The van der Waals surface area contributed by atoms with Crippen LogP contribution >= 0.6 is 15.9 Å². The van der Waals surface area contributed by atoms with E-state index in [0.717, 1.165) is 5.56 Å². The molecule has 3 aliphatic rings. The summed E-state index contributed by atoms with van der Waals surface area (Å²) in [5.74, 6) is -4.07. The maximum absolute atomic E-state index is 14.9. The normalized spacial score (nSPS) is 26.4. The Hall–Kier alpha value is -3.84. The average molecular weight is 781 g/mol. The van der Waals surface area contributed by atoms with Crippen molar-refractivity contribution in [3.05, 3.63) is 97.1 Å². The minimum absolute atomic E-state index is 0.0438. The van der Waals surface area contributed by atoms with E-state index in [-0.39, 0.29) is 55.3 Å². The Morgan fingerprint density at radius 1 is 1.12 bits per heavy atom. The fourth-order valence-electron chi connectivity index (χ4n) is 8.08. The van der Waals surface area contributed by atoms with E-state index < -0.39 is 59.6 Å². The Labute approximate surface area is 314 Å². The van der Waals surface area contributed by atoms with Gasteiger partial charge in [-0.1, -0.05) is 103 Å². The number of aliphatic hydroxyl groups is 1. The Morgan fingerprint density at radius 3 is 2.38 bits per heavy atom. The number of carbonyl (C=O) groups is 4. The van der Waals surface area contributed by atoms with E-state index in [1.54, 1.807) is 29.2 Å². The van der Waals surface area contributed by atoms with Crippen LogP contribution in [0.4, 0.5) is 0 Å². The number of ether oxygens (including phenoxy) is 3. The summed E-state index contributed by atoms with van der Waals surface area (Å²) in [6, 6.07) is 16.0. The van der Waals surface area contributed by atoms with Gasteiger partial charge in [-0.15, -0.1) is 13.2 Å². The number of methoxy groups -OCH3 is 1. The topological polar surface area (TPSA) is 135 Å². The van der Waals surface area contributed by atoms with Crippen LogP contribution in [0, 0.1) is 17.8 Å². The summed E-state index contributed by atoms with van der Waals surface area (Å²) in [7, 11) is 1.50. The summed E-state index contributed by atoms with van der Waals surface area (Å²) in [4.78, 5) is 60.0. The van der Waals surface area contributed by atoms with Gasteiger partial charge in [-0.2, -0.15) is 0 Å². The van der Waals surface area contributed by atoms with Crippen LogP contribution in [0.3, 0.4) is 0 Å². The van der Waals surface area contributed by atoms with Crippen molar-refractivity contribution < 1.29 is 38.5 Å². The molecular formula is C40H50BrN3O8. The lowest BCUT2D eigenvalue weighted by atomic mass is 9.70. The number of hydrogen-bond donors (Lipinski definition) is 2. The van der Waals surface area contributed by atoms with Crippen LogP contribution in [0.2, 0.25) is 0 Å². The highest BCUT2D eigenvalue weighted by Gasteiger charge is 2.77. The van der Waals surface area contributed by atoms with Crippen molar-refractivity contribution >= 4 is 39.6 Å². The predicted molar refractivity (Wildman–Crippen MR) is 199 cm³/mol. The van der Waals surface area contributed by atoms with Gasteiger partial charge in [0.1, 0.15) is 17.7 Å². The zero-order valence-corrected chi connectivity index (χ0v) is 31.7. The number of rotatable bonds is 18. The quantitative estimate of drug-likeness (QED) is 0.130. The average Bonchev–Trinajstić information content (AvgIpc) is 3.73. The van der Waals surface area contributed by atoms with Crippen molar-refractivity contribution in [3.8, 4) is 0 Å². The molecule has 0 radical (unpaired) electrons. The molecule has 1 spiro atoms. The zero-order valence-electron chi connectivity index (χ0n) is 30.1. The second-order valence-electron chi connectivity index (χ2n) is 14.1. The number of likely N-dealkylation sites (tertiary alicyclic amines) is 1. The van der Waals surface area contributed by atoms with Crippen molar-refractivity contribution in [2.45, 2.75) is 80.4 Å². The molecule has 3 aliphatic heterocycles. The number of amides is 3. The second kappa shape index (κ2) is 17.3. The van der Waals surface area contributed by atoms with Crippen molar-refractivity contribution in [1.29, 1.82) is 0 Å². The number of carbonyl (C=O) groups excluding carboxylic acids is 4. The van der Waals surface area contributed by atoms with Gasteiger partial charge in [-0.25, -0.2) is 0 Å². The minimum Gasteiger partial charge on any atom is -0.455 e. The number of halogens is 1. The van der Waals surface area contributed by atoms with Gasteiger partial charge in [-0.3, -0.25) is 19.2 Å². The van der Waals surface area contributed by atoms with Gasteiger partial charge in [0.15, 0.2) is 0 Å². The smallest absolute Gasteiger partial charge is 0.313 e. The molecule has 9 atom stereocenters. The number of nitrogens with one attached hydrogen (secondary N) is 1. The molecule has 2 N–H and O–H groups in total. The lowest BCUT2D eigenvalue weighted by Gasteiger charge is -2.40. The third-order valence-corrected chi connectivity index (χ3v) is 11.3. The lowest BCUT2D eigenvalue weighted by molar-refractivity contribution is -0.163. The summed E-state index contributed by atoms with van der Waals surface area (Å²) in [5.41, 5.74) is 0.155. The number of aliphatic hydroxyl groups excluding tert-OH is 1. The van der Waals surface area contributed by atoms with Gasteiger partial charge >= 0.3 is 5.97 Å². The van der Waals surface area contributed by atoms with Gasteiger partial charge in [0.2, 0.25) is 17.7 Å². The van der Waals surface area contributed by atoms with E-state index in [4.69, 9.17) is 14.2 Å².